The van der Waals surface area contributed by atoms with Crippen LogP contribution in [0.5, 0.6) is 0 Å². The largest absolute Gasteiger partial charge is 0.433 e. The van der Waals surface area contributed by atoms with Crippen molar-refractivity contribution in [3.05, 3.63) is 23.4 Å². The smallest absolute Gasteiger partial charge is 0.251 e. The van der Waals surface area contributed by atoms with Crippen molar-refractivity contribution in [2.75, 3.05) is 0 Å². The normalized spacial score (nSPS) is 22.2. The summed E-state index contributed by atoms with van der Waals surface area (Å²) >= 11 is 0. The van der Waals surface area contributed by atoms with Crippen molar-refractivity contribution in [3.8, 4) is 6.07 Å². The Kier molecular flexibility index (Phi) is 3.30. The molecule has 2 nitrogen and oxygen atoms in total. The number of alkyl halides is 3. The highest BCUT2D eigenvalue weighted by Gasteiger charge is 2.33. The molecule has 1 heterocycles. The third kappa shape index (κ3) is 3.24. The number of halogens is 3. The van der Waals surface area contributed by atoms with Gasteiger partial charge in [-0.2, -0.15) is 18.4 Å². The van der Waals surface area contributed by atoms with Crippen molar-refractivity contribution < 1.29 is 13.2 Å². The summed E-state index contributed by atoms with van der Waals surface area (Å²) in [6.45, 7) is 1.75. The van der Waals surface area contributed by atoms with Crippen LogP contribution in [0.3, 0.4) is 0 Å². The minimum Gasteiger partial charge on any atom is -0.251 e. The third-order valence-electron chi connectivity index (χ3n) is 1.91. The van der Waals surface area contributed by atoms with Crippen LogP contribution < -0.4 is 0 Å². The number of nitriles is 1. The molecule has 15 heavy (non-hydrogen) atoms. The summed E-state index contributed by atoms with van der Waals surface area (Å²) in [7, 11) is 0. The van der Waals surface area contributed by atoms with Gasteiger partial charge in [-0.15, -0.1) is 0 Å². The van der Waals surface area contributed by atoms with Crippen molar-refractivity contribution in [3.63, 3.8) is 0 Å². The first kappa shape index (κ1) is 11.5. The molecular weight excluding hydrogens is 205 g/mol. The molecule has 0 saturated carbocycles. The molecule has 1 rings (SSSR count). The van der Waals surface area contributed by atoms with Crippen LogP contribution in [0.4, 0.5) is 13.2 Å². The third-order valence-corrected chi connectivity index (χ3v) is 1.91. The molecule has 0 aliphatic carbocycles. The zero-order valence-electron chi connectivity index (χ0n) is 8.04. The Bertz CT molecular complexity index is 369. The van der Waals surface area contributed by atoms with E-state index in [0.29, 0.717) is 0 Å². The van der Waals surface area contributed by atoms with E-state index in [9.17, 15) is 13.2 Å². The maximum atomic E-state index is 12.3. The molecule has 0 aromatic carbocycles. The van der Waals surface area contributed by atoms with Crippen molar-refractivity contribution >= 4 is 6.21 Å². The van der Waals surface area contributed by atoms with Gasteiger partial charge in [-0.25, -0.2) is 0 Å². The van der Waals surface area contributed by atoms with Crippen LogP contribution in [0.1, 0.15) is 13.3 Å². The van der Waals surface area contributed by atoms with E-state index >= 15 is 0 Å². The first-order valence-electron chi connectivity index (χ1n) is 4.37. The Hall–Kier alpha value is -1.57. The van der Waals surface area contributed by atoms with Crippen LogP contribution in [-0.4, -0.2) is 12.4 Å². The molecule has 1 atom stereocenters. The molecule has 80 valence electrons. The van der Waals surface area contributed by atoms with E-state index in [1.165, 1.54) is 0 Å². The fourth-order valence-electron chi connectivity index (χ4n) is 1.16. The Labute approximate surface area is 85.4 Å². The second-order valence-electron chi connectivity index (χ2n) is 3.29. The number of hydrogen-bond donors (Lipinski definition) is 0. The van der Waals surface area contributed by atoms with E-state index < -0.39 is 11.9 Å². The molecule has 0 aromatic rings. The molecule has 0 bridgehead atoms. The molecule has 0 aromatic heterocycles. The molecule has 1 unspecified atom stereocenters. The highest BCUT2D eigenvalue weighted by molar-refractivity contribution is 5.84. The topological polar surface area (TPSA) is 36.1 Å². The molecular formula is C10H9F3N2. The van der Waals surface area contributed by atoms with Crippen molar-refractivity contribution in [2.24, 2.45) is 10.9 Å². The van der Waals surface area contributed by atoms with E-state index in [0.717, 1.165) is 12.3 Å². The lowest BCUT2D eigenvalue weighted by atomic mass is 10.0. The standard InChI is InChI=1S/C10H9F3N2/c1-7-2-3-9(10(11,12)13)15-6-8(4-7)5-14/h3-4,6-7H,2H2,1H3. The summed E-state index contributed by atoms with van der Waals surface area (Å²) in [6, 6.07) is 1.79. The lowest BCUT2D eigenvalue weighted by Gasteiger charge is -2.10. The molecule has 1 aliphatic heterocycles. The SMILES string of the molecule is CC1C=C(C#N)C=NC(C(F)(F)F)=CC1. The number of nitrogens with zero attached hydrogens (tertiary/aromatic N) is 2. The van der Waals surface area contributed by atoms with Gasteiger partial charge < -0.3 is 0 Å². The molecule has 0 N–H and O–H groups in total. The number of rotatable bonds is 0. The Balaban J connectivity index is 3.03. The summed E-state index contributed by atoms with van der Waals surface area (Å²) in [5.74, 6) is -0.0938. The van der Waals surface area contributed by atoms with Crippen molar-refractivity contribution in [2.45, 2.75) is 19.5 Å². The van der Waals surface area contributed by atoms with Crippen LogP contribution in [-0.2, 0) is 0 Å². The van der Waals surface area contributed by atoms with Crippen LogP contribution in [0.2, 0.25) is 0 Å². The number of aliphatic imine (C=N–C) groups is 1. The predicted octanol–water partition coefficient (Wildman–Crippen LogP) is 2.99. The lowest BCUT2D eigenvalue weighted by Crippen LogP contribution is -2.12. The molecule has 1 aliphatic rings. The van der Waals surface area contributed by atoms with Gasteiger partial charge in [-0.05, 0) is 12.3 Å². The van der Waals surface area contributed by atoms with Gasteiger partial charge in [-0.1, -0.05) is 19.1 Å². The van der Waals surface area contributed by atoms with E-state index in [4.69, 9.17) is 5.26 Å². The highest BCUT2D eigenvalue weighted by atomic mass is 19.4. The average Bonchev–Trinajstić information content (AvgIpc) is 2.09. The van der Waals surface area contributed by atoms with E-state index in [1.807, 2.05) is 0 Å². The quantitative estimate of drug-likeness (QED) is 0.610. The zero-order valence-corrected chi connectivity index (χ0v) is 8.04. The molecule has 5 heteroatoms. The molecule has 0 fully saturated rings. The molecule has 0 amide bonds. The van der Waals surface area contributed by atoms with Crippen LogP contribution in [0.25, 0.3) is 0 Å². The Morgan fingerprint density at radius 3 is 2.73 bits per heavy atom. The average molecular weight is 214 g/mol. The van der Waals surface area contributed by atoms with Crippen molar-refractivity contribution in [1.82, 2.24) is 0 Å². The van der Waals surface area contributed by atoms with E-state index in [-0.39, 0.29) is 17.9 Å². The summed E-state index contributed by atoms with van der Waals surface area (Å²) < 4.78 is 37.0. The Morgan fingerprint density at radius 1 is 1.53 bits per heavy atom. The van der Waals surface area contributed by atoms with Gasteiger partial charge >= 0.3 is 6.18 Å². The second-order valence-corrected chi connectivity index (χ2v) is 3.29. The van der Waals surface area contributed by atoms with Gasteiger partial charge in [0.15, 0.2) is 0 Å². The first-order chi connectivity index (χ1) is 6.93. The predicted molar refractivity (Wildman–Crippen MR) is 50.1 cm³/mol. The number of allylic oxidation sites excluding steroid dienone is 4. The van der Waals surface area contributed by atoms with Gasteiger partial charge in [0.1, 0.15) is 11.8 Å². The second kappa shape index (κ2) is 4.30. The van der Waals surface area contributed by atoms with Gasteiger partial charge in [-0.3, -0.25) is 4.99 Å². The minimum atomic E-state index is -4.45. The van der Waals surface area contributed by atoms with E-state index in [2.05, 4.69) is 4.99 Å². The van der Waals surface area contributed by atoms with Gasteiger partial charge in [0.2, 0.25) is 0 Å². The maximum Gasteiger partial charge on any atom is 0.433 e. The van der Waals surface area contributed by atoms with Crippen LogP contribution in [0, 0.1) is 17.2 Å². The summed E-state index contributed by atoms with van der Waals surface area (Å²) in [5, 5.41) is 8.60. The highest BCUT2D eigenvalue weighted by Crippen LogP contribution is 2.28. The van der Waals surface area contributed by atoms with Crippen LogP contribution in [0.15, 0.2) is 28.4 Å². The maximum absolute atomic E-state index is 12.3. The molecule has 0 spiro atoms. The monoisotopic (exact) mass is 214 g/mol. The fourth-order valence-corrected chi connectivity index (χ4v) is 1.16. The van der Waals surface area contributed by atoms with E-state index in [1.54, 1.807) is 19.1 Å². The van der Waals surface area contributed by atoms with Crippen molar-refractivity contribution in [1.29, 1.82) is 5.26 Å². The van der Waals surface area contributed by atoms with Gasteiger partial charge in [0, 0.05) is 6.21 Å². The zero-order chi connectivity index (χ0) is 11.5. The minimum absolute atomic E-state index is 0.0938. The van der Waals surface area contributed by atoms with Gasteiger partial charge in [0.25, 0.3) is 0 Å². The number of hydrogen-bond acceptors (Lipinski definition) is 2. The summed E-state index contributed by atoms with van der Waals surface area (Å²) in [5.41, 5.74) is -0.771. The Morgan fingerprint density at radius 2 is 2.20 bits per heavy atom. The fraction of sp³-hybridized carbons (Fsp3) is 0.400. The molecule has 0 radical (unpaired) electrons. The lowest BCUT2D eigenvalue weighted by molar-refractivity contribution is -0.0925. The van der Waals surface area contributed by atoms with Gasteiger partial charge in [0.05, 0.1) is 5.57 Å². The van der Waals surface area contributed by atoms with Crippen LogP contribution >= 0.6 is 0 Å². The summed E-state index contributed by atoms with van der Waals surface area (Å²) in [6.07, 6.45) is -0.612. The summed E-state index contributed by atoms with van der Waals surface area (Å²) in [4.78, 5) is 3.26. The first-order valence-corrected chi connectivity index (χ1v) is 4.37. The molecule has 0 saturated heterocycles.